The molecular formula is C19H21N5O. The quantitative estimate of drug-likeness (QED) is 0.580. The molecule has 2 aromatic heterocycles. The van der Waals surface area contributed by atoms with Crippen molar-refractivity contribution in [2.45, 2.75) is 13.3 Å². The maximum atomic E-state index is 12.0. The van der Waals surface area contributed by atoms with Crippen LogP contribution < -0.4 is 10.6 Å². The second kappa shape index (κ2) is 7.61. The monoisotopic (exact) mass is 335 g/mol. The summed E-state index contributed by atoms with van der Waals surface area (Å²) in [7, 11) is 0. The molecule has 0 atom stereocenters. The third-order valence-electron chi connectivity index (χ3n) is 3.85. The lowest BCUT2D eigenvalue weighted by Gasteiger charge is -2.08. The predicted octanol–water partition coefficient (Wildman–Crippen LogP) is 2.84. The standard InChI is InChI=1S/C19H21N5O/c1-3-9-21-19(25)17-11-18(24-13(2)23-17)20-10-8-14-12-22-16-7-5-4-6-15(14)16/h3-7,11-12,22H,1,8-10H2,2H3,(H,21,25)(H,20,23,24). The number of benzene rings is 1. The van der Waals surface area contributed by atoms with Crippen LogP contribution in [0.15, 0.2) is 49.2 Å². The molecule has 1 aromatic carbocycles. The number of nitrogens with one attached hydrogen (secondary N) is 3. The van der Waals surface area contributed by atoms with Crippen LogP contribution in [0.25, 0.3) is 10.9 Å². The summed E-state index contributed by atoms with van der Waals surface area (Å²) in [6.07, 6.45) is 4.52. The molecule has 0 radical (unpaired) electrons. The first-order chi connectivity index (χ1) is 12.2. The zero-order valence-electron chi connectivity index (χ0n) is 14.2. The molecule has 3 aromatic rings. The molecule has 6 nitrogen and oxygen atoms in total. The van der Waals surface area contributed by atoms with Gasteiger partial charge in [0.15, 0.2) is 0 Å². The first-order valence-electron chi connectivity index (χ1n) is 8.21. The Bertz CT molecular complexity index is 900. The number of para-hydroxylation sites is 1. The summed E-state index contributed by atoms with van der Waals surface area (Å²) in [4.78, 5) is 23.8. The van der Waals surface area contributed by atoms with Gasteiger partial charge in [-0.25, -0.2) is 9.97 Å². The molecule has 3 rings (SSSR count). The molecule has 3 N–H and O–H groups in total. The topological polar surface area (TPSA) is 82.7 Å². The van der Waals surface area contributed by atoms with Gasteiger partial charge in [0.1, 0.15) is 17.3 Å². The molecule has 128 valence electrons. The van der Waals surface area contributed by atoms with E-state index in [9.17, 15) is 4.79 Å². The average Bonchev–Trinajstić information content (AvgIpc) is 3.02. The van der Waals surface area contributed by atoms with Crippen molar-refractivity contribution in [3.8, 4) is 0 Å². The number of anilines is 1. The highest BCUT2D eigenvalue weighted by Crippen LogP contribution is 2.18. The van der Waals surface area contributed by atoms with Crippen LogP contribution in [0.5, 0.6) is 0 Å². The van der Waals surface area contributed by atoms with Crippen LogP contribution in [0.4, 0.5) is 5.82 Å². The van der Waals surface area contributed by atoms with E-state index < -0.39 is 0 Å². The lowest BCUT2D eigenvalue weighted by atomic mass is 10.1. The van der Waals surface area contributed by atoms with E-state index in [-0.39, 0.29) is 5.91 Å². The van der Waals surface area contributed by atoms with Gasteiger partial charge in [-0.05, 0) is 25.0 Å². The van der Waals surface area contributed by atoms with E-state index in [4.69, 9.17) is 0 Å². The smallest absolute Gasteiger partial charge is 0.270 e. The van der Waals surface area contributed by atoms with Crippen molar-refractivity contribution in [1.29, 1.82) is 0 Å². The Balaban J connectivity index is 1.65. The van der Waals surface area contributed by atoms with Crippen molar-refractivity contribution in [1.82, 2.24) is 20.3 Å². The van der Waals surface area contributed by atoms with Crippen LogP contribution in [0.1, 0.15) is 21.9 Å². The fourth-order valence-electron chi connectivity index (χ4n) is 2.69. The lowest BCUT2D eigenvalue weighted by molar-refractivity contribution is 0.0952. The molecule has 1 amide bonds. The molecule has 0 fully saturated rings. The summed E-state index contributed by atoms with van der Waals surface area (Å²) in [5.41, 5.74) is 2.73. The fourth-order valence-corrected chi connectivity index (χ4v) is 2.69. The second-order valence-electron chi connectivity index (χ2n) is 5.72. The van der Waals surface area contributed by atoms with Crippen LogP contribution in [-0.2, 0) is 6.42 Å². The van der Waals surface area contributed by atoms with E-state index >= 15 is 0 Å². The molecule has 0 aliphatic heterocycles. The van der Waals surface area contributed by atoms with Crippen molar-refractivity contribution in [2.75, 3.05) is 18.4 Å². The summed E-state index contributed by atoms with van der Waals surface area (Å²) >= 11 is 0. The van der Waals surface area contributed by atoms with Crippen molar-refractivity contribution in [3.63, 3.8) is 0 Å². The summed E-state index contributed by atoms with van der Waals surface area (Å²) in [6, 6.07) is 9.89. The number of hydrogen-bond donors (Lipinski definition) is 3. The fraction of sp³-hybridized carbons (Fsp3) is 0.211. The van der Waals surface area contributed by atoms with E-state index in [0.717, 1.165) is 11.9 Å². The van der Waals surface area contributed by atoms with Gasteiger partial charge in [-0.1, -0.05) is 24.3 Å². The Morgan fingerprint density at radius 1 is 1.32 bits per heavy atom. The van der Waals surface area contributed by atoms with E-state index in [1.54, 1.807) is 19.1 Å². The summed E-state index contributed by atoms with van der Waals surface area (Å²) < 4.78 is 0. The molecule has 0 saturated carbocycles. The number of aromatic nitrogens is 3. The van der Waals surface area contributed by atoms with Crippen molar-refractivity contribution in [2.24, 2.45) is 0 Å². The van der Waals surface area contributed by atoms with Gasteiger partial charge < -0.3 is 15.6 Å². The first kappa shape index (κ1) is 16.7. The van der Waals surface area contributed by atoms with E-state index in [1.165, 1.54) is 10.9 Å². The van der Waals surface area contributed by atoms with Crippen LogP contribution in [-0.4, -0.2) is 33.9 Å². The SMILES string of the molecule is C=CCNC(=O)c1cc(NCCc2c[nH]c3ccccc23)nc(C)n1. The summed E-state index contributed by atoms with van der Waals surface area (Å²) in [5.74, 6) is 0.974. The molecule has 0 aliphatic carbocycles. The molecular weight excluding hydrogens is 314 g/mol. The lowest BCUT2D eigenvalue weighted by Crippen LogP contribution is -2.25. The number of amides is 1. The molecule has 0 bridgehead atoms. The predicted molar refractivity (Wildman–Crippen MR) is 99.8 cm³/mol. The van der Waals surface area contributed by atoms with Gasteiger partial charge in [-0.2, -0.15) is 0 Å². The molecule has 2 heterocycles. The average molecular weight is 335 g/mol. The summed E-state index contributed by atoms with van der Waals surface area (Å²) in [5, 5.41) is 7.23. The molecule has 0 spiro atoms. The number of aromatic amines is 1. The number of rotatable bonds is 7. The van der Waals surface area contributed by atoms with Gasteiger partial charge in [0, 0.05) is 36.3 Å². The zero-order chi connectivity index (χ0) is 17.6. The number of fused-ring (bicyclic) bond motifs is 1. The normalized spacial score (nSPS) is 10.6. The van der Waals surface area contributed by atoms with Gasteiger partial charge in [0.25, 0.3) is 5.91 Å². The highest BCUT2D eigenvalue weighted by molar-refractivity contribution is 5.93. The number of nitrogens with zero attached hydrogens (tertiary/aromatic N) is 2. The minimum atomic E-state index is -0.231. The third kappa shape index (κ3) is 4.03. The Kier molecular flexibility index (Phi) is 5.09. The van der Waals surface area contributed by atoms with Crippen molar-refractivity contribution >= 4 is 22.6 Å². The number of aryl methyl sites for hydroxylation is 1. The summed E-state index contributed by atoms with van der Waals surface area (Å²) in [6.45, 7) is 6.48. The van der Waals surface area contributed by atoms with E-state index in [1.807, 2.05) is 18.3 Å². The van der Waals surface area contributed by atoms with E-state index in [2.05, 4.69) is 44.3 Å². The van der Waals surface area contributed by atoms with Crippen molar-refractivity contribution < 1.29 is 4.79 Å². The first-order valence-corrected chi connectivity index (χ1v) is 8.21. The van der Waals surface area contributed by atoms with Gasteiger partial charge in [-0.3, -0.25) is 4.79 Å². The Morgan fingerprint density at radius 3 is 3.00 bits per heavy atom. The molecule has 0 unspecified atom stereocenters. The van der Waals surface area contributed by atoms with Gasteiger partial charge >= 0.3 is 0 Å². The third-order valence-corrected chi connectivity index (χ3v) is 3.85. The Labute approximate surface area is 146 Å². The molecule has 25 heavy (non-hydrogen) atoms. The minimum absolute atomic E-state index is 0.231. The minimum Gasteiger partial charge on any atom is -0.370 e. The highest BCUT2D eigenvalue weighted by Gasteiger charge is 2.10. The number of carbonyl (C=O) groups is 1. The number of carbonyl (C=O) groups excluding carboxylic acids is 1. The second-order valence-corrected chi connectivity index (χ2v) is 5.72. The number of hydrogen-bond acceptors (Lipinski definition) is 4. The van der Waals surface area contributed by atoms with Gasteiger partial charge in [-0.15, -0.1) is 6.58 Å². The van der Waals surface area contributed by atoms with Crippen LogP contribution in [0, 0.1) is 6.92 Å². The van der Waals surface area contributed by atoms with E-state index in [0.29, 0.717) is 30.4 Å². The zero-order valence-corrected chi connectivity index (χ0v) is 14.2. The number of H-pyrrole nitrogens is 1. The van der Waals surface area contributed by atoms with Crippen LogP contribution in [0.3, 0.4) is 0 Å². The maximum Gasteiger partial charge on any atom is 0.270 e. The highest BCUT2D eigenvalue weighted by atomic mass is 16.1. The Hall–Kier alpha value is -3.15. The Morgan fingerprint density at radius 2 is 2.16 bits per heavy atom. The molecule has 0 saturated heterocycles. The van der Waals surface area contributed by atoms with Gasteiger partial charge in [0.2, 0.25) is 0 Å². The molecule has 0 aliphatic rings. The van der Waals surface area contributed by atoms with Gasteiger partial charge in [0.05, 0.1) is 0 Å². The largest absolute Gasteiger partial charge is 0.370 e. The molecule has 6 heteroatoms. The van der Waals surface area contributed by atoms with Crippen LogP contribution >= 0.6 is 0 Å². The maximum absolute atomic E-state index is 12.0. The van der Waals surface area contributed by atoms with Crippen molar-refractivity contribution in [3.05, 3.63) is 66.3 Å². The van der Waals surface area contributed by atoms with Crippen LogP contribution in [0.2, 0.25) is 0 Å².